The zero-order valence-corrected chi connectivity index (χ0v) is 15.0. The molecule has 0 aliphatic carbocycles. The predicted octanol–water partition coefficient (Wildman–Crippen LogP) is -0.163. The average molecular weight is 386 g/mol. The molecule has 2 rings (SSSR count). The van der Waals surface area contributed by atoms with Crippen LogP contribution in [-0.4, -0.2) is 51.4 Å². The molecule has 2 aromatic carbocycles. The van der Waals surface area contributed by atoms with Gasteiger partial charge in [-0.3, -0.25) is 9.59 Å². The number of nitrogens with one attached hydrogen (secondary N) is 2. The van der Waals surface area contributed by atoms with Crippen molar-refractivity contribution >= 4 is 17.8 Å². The quantitative estimate of drug-likeness (QED) is 0.406. The van der Waals surface area contributed by atoms with Gasteiger partial charge in [0.2, 0.25) is 0 Å². The van der Waals surface area contributed by atoms with Crippen molar-refractivity contribution < 1.29 is 29.7 Å². The first kappa shape index (κ1) is 21.1. The number of carbonyl (C=O) groups is 3. The number of carboxylic acid groups (broad SMARTS) is 1. The number of aliphatic hydroxyl groups excluding tert-OH is 2. The Labute approximate surface area is 161 Å². The lowest BCUT2D eigenvalue weighted by molar-refractivity contribution is -0.149. The molecule has 0 aliphatic rings. The first-order valence-electron chi connectivity index (χ1n) is 8.63. The van der Waals surface area contributed by atoms with E-state index >= 15 is 0 Å². The molecule has 0 aliphatic heterocycles. The van der Waals surface area contributed by atoms with Crippen LogP contribution in [0.15, 0.2) is 60.7 Å². The van der Waals surface area contributed by atoms with Crippen molar-refractivity contribution in [3.8, 4) is 0 Å². The highest BCUT2D eigenvalue weighted by molar-refractivity contribution is 5.92. The summed E-state index contributed by atoms with van der Waals surface area (Å²) in [5, 5.41) is 33.7. The van der Waals surface area contributed by atoms with Gasteiger partial charge in [0.05, 0.1) is 0 Å². The molecule has 2 aromatic rings. The van der Waals surface area contributed by atoms with Crippen LogP contribution in [-0.2, 0) is 27.3 Å². The Kier molecular flexibility index (Phi) is 7.67. The smallest absolute Gasteiger partial charge is 0.326 e. The lowest BCUT2D eigenvalue weighted by Crippen LogP contribution is -2.53. The van der Waals surface area contributed by atoms with Gasteiger partial charge in [-0.05, 0) is 11.1 Å². The van der Waals surface area contributed by atoms with E-state index in [0.29, 0.717) is 5.56 Å². The fourth-order valence-electron chi connectivity index (χ4n) is 2.48. The van der Waals surface area contributed by atoms with E-state index in [1.54, 1.807) is 54.6 Å². The molecule has 3 atom stereocenters. The minimum absolute atomic E-state index is 0.00900. The molecule has 0 spiro atoms. The maximum atomic E-state index is 12.1. The third kappa shape index (κ3) is 6.19. The zero-order chi connectivity index (χ0) is 20.5. The topological polar surface area (TPSA) is 136 Å². The standard InChI is InChI=1S/C20H22N2O6/c23-16(18(25)21-12-14-9-5-2-6-10-14)17(24)19(26)22-15(20(27)28)11-13-7-3-1-4-8-13/h1-10,15-17,23-24H,11-12H2,(H,21,25)(H,22,26)(H,27,28)/t15-,16-,17?/m1/s1. The van der Waals surface area contributed by atoms with Crippen LogP contribution in [0, 0.1) is 0 Å². The molecule has 0 saturated carbocycles. The molecule has 0 saturated heterocycles. The van der Waals surface area contributed by atoms with Gasteiger partial charge in [-0.2, -0.15) is 0 Å². The number of aliphatic hydroxyl groups is 2. The largest absolute Gasteiger partial charge is 0.480 e. The van der Waals surface area contributed by atoms with E-state index in [2.05, 4.69) is 10.6 Å². The summed E-state index contributed by atoms with van der Waals surface area (Å²) in [6.07, 6.45) is -4.14. The van der Waals surface area contributed by atoms with Crippen molar-refractivity contribution in [2.24, 2.45) is 0 Å². The summed E-state index contributed by atoms with van der Waals surface area (Å²) in [7, 11) is 0. The van der Waals surface area contributed by atoms with Gasteiger partial charge in [-0.1, -0.05) is 60.7 Å². The van der Waals surface area contributed by atoms with Crippen molar-refractivity contribution in [2.75, 3.05) is 0 Å². The van der Waals surface area contributed by atoms with Crippen molar-refractivity contribution in [1.82, 2.24) is 10.6 Å². The second-order valence-electron chi connectivity index (χ2n) is 6.18. The summed E-state index contributed by atoms with van der Waals surface area (Å²) in [5.41, 5.74) is 1.45. The van der Waals surface area contributed by atoms with E-state index in [4.69, 9.17) is 0 Å². The van der Waals surface area contributed by atoms with Crippen molar-refractivity contribution in [3.63, 3.8) is 0 Å². The van der Waals surface area contributed by atoms with E-state index in [0.717, 1.165) is 5.56 Å². The summed E-state index contributed by atoms with van der Waals surface area (Å²) >= 11 is 0. The van der Waals surface area contributed by atoms with E-state index in [1.807, 2.05) is 6.07 Å². The van der Waals surface area contributed by atoms with Crippen LogP contribution in [0.25, 0.3) is 0 Å². The minimum Gasteiger partial charge on any atom is -0.480 e. The SMILES string of the molecule is O=C(N[C@H](Cc1ccccc1)C(=O)O)C(O)[C@@H](O)C(=O)NCc1ccccc1. The zero-order valence-electron chi connectivity index (χ0n) is 15.0. The Bertz CT molecular complexity index is 797. The highest BCUT2D eigenvalue weighted by Gasteiger charge is 2.32. The summed E-state index contributed by atoms with van der Waals surface area (Å²) in [6, 6.07) is 16.2. The monoisotopic (exact) mass is 386 g/mol. The molecule has 0 heterocycles. The van der Waals surface area contributed by atoms with Crippen molar-refractivity contribution in [3.05, 3.63) is 71.8 Å². The van der Waals surface area contributed by atoms with E-state index in [1.165, 1.54) is 0 Å². The number of hydrogen-bond donors (Lipinski definition) is 5. The van der Waals surface area contributed by atoms with E-state index < -0.39 is 36.0 Å². The lowest BCUT2D eigenvalue weighted by Gasteiger charge is -2.20. The van der Waals surface area contributed by atoms with Crippen molar-refractivity contribution in [1.29, 1.82) is 0 Å². The van der Waals surface area contributed by atoms with Gasteiger partial charge in [0.1, 0.15) is 6.04 Å². The molecule has 5 N–H and O–H groups in total. The average Bonchev–Trinajstić information content (AvgIpc) is 2.71. The number of benzene rings is 2. The molecule has 8 nitrogen and oxygen atoms in total. The molecule has 8 heteroatoms. The molecule has 0 fully saturated rings. The van der Waals surface area contributed by atoms with Gasteiger partial charge < -0.3 is 26.0 Å². The Balaban J connectivity index is 1.91. The lowest BCUT2D eigenvalue weighted by atomic mass is 10.1. The number of carboxylic acids is 1. The third-order valence-electron chi connectivity index (χ3n) is 4.04. The van der Waals surface area contributed by atoms with Crippen LogP contribution in [0.3, 0.4) is 0 Å². The fourth-order valence-corrected chi connectivity index (χ4v) is 2.48. The molecular formula is C20H22N2O6. The number of aliphatic carboxylic acids is 1. The van der Waals surface area contributed by atoms with Gasteiger partial charge in [-0.15, -0.1) is 0 Å². The first-order chi connectivity index (χ1) is 13.4. The number of carbonyl (C=O) groups excluding carboxylic acids is 2. The summed E-state index contributed by atoms with van der Waals surface area (Å²) in [6.45, 7) is 0.108. The number of hydrogen-bond acceptors (Lipinski definition) is 5. The number of amides is 2. The molecule has 28 heavy (non-hydrogen) atoms. The van der Waals surface area contributed by atoms with Crippen LogP contribution >= 0.6 is 0 Å². The molecule has 1 unspecified atom stereocenters. The van der Waals surface area contributed by atoms with E-state index in [9.17, 15) is 29.7 Å². The summed E-state index contributed by atoms with van der Waals surface area (Å²) < 4.78 is 0. The van der Waals surface area contributed by atoms with Crippen LogP contribution < -0.4 is 10.6 Å². The van der Waals surface area contributed by atoms with Crippen LogP contribution in [0.2, 0.25) is 0 Å². The molecule has 0 bridgehead atoms. The Hall–Kier alpha value is -3.23. The van der Waals surface area contributed by atoms with Crippen LogP contribution in [0.5, 0.6) is 0 Å². The third-order valence-corrected chi connectivity index (χ3v) is 4.04. The predicted molar refractivity (Wildman–Crippen MR) is 100 cm³/mol. The molecule has 2 amide bonds. The summed E-state index contributed by atoms with van der Waals surface area (Å²) in [5.74, 6) is -3.39. The summed E-state index contributed by atoms with van der Waals surface area (Å²) in [4.78, 5) is 35.4. The van der Waals surface area contributed by atoms with Gasteiger partial charge in [0.25, 0.3) is 11.8 Å². The highest BCUT2D eigenvalue weighted by Crippen LogP contribution is 2.05. The number of rotatable bonds is 9. The second-order valence-corrected chi connectivity index (χ2v) is 6.18. The van der Waals surface area contributed by atoms with Gasteiger partial charge in [0, 0.05) is 13.0 Å². The van der Waals surface area contributed by atoms with Crippen LogP contribution in [0.4, 0.5) is 0 Å². The fraction of sp³-hybridized carbons (Fsp3) is 0.250. The first-order valence-corrected chi connectivity index (χ1v) is 8.63. The Morgan fingerprint density at radius 2 is 1.29 bits per heavy atom. The Morgan fingerprint density at radius 1 is 0.786 bits per heavy atom. The van der Waals surface area contributed by atoms with Crippen LogP contribution in [0.1, 0.15) is 11.1 Å². The molecular weight excluding hydrogens is 364 g/mol. The molecule has 148 valence electrons. The van der Waals surface area contributed by atoms with Crippen molar-refractivity contribution in [2.45, 2.75) is 31.2 Å². The van der Waals surface area contributed by atoms with E-state index in [-0.39, 0.29) is 13.0 Å². The van der Waals surface area contributed by atoms with Gasteiger partial charge >= 0.3 is 5.97 Å². The molecule has 0 aromatic heterocycles. The van der Waals surface area contributed by atoms with Gasteiger partial charge in [-0.25, -0.2) is 4.79 Å². The van der Waals surface area contributed by atoms with Gasteiger partial charge in [0.15, 0.2) is 12.2 Å². The maximum absolute atomic E-state index is 12.1. The normalized spacial score (nSPS) is 13.8. The second kappa shape index (κ2) is 10.2. The molecule has 0 radical (unpaired) electrons. The highest BCUT2D eigenvalue weighted by atomic mass is 16.4. The minimum atomic E-state index is -2.10. The Morgan fingerprint density at radius 3 is 1.82 bits per heavy atom. The maximum Gasteiger partial charge on any atom is 0.326 e.